The molecule has 28 heavy (non-hydrogen) atoms. The van der Waals surface area contributed by atoms with Crippen LogP contribution in [0.2, 0.25) is 0 Å². The third kappa shape index (κ3) is 6.24. The van der Waals surface area contributed by atoms with E-state index in [0.29, 0.717) is 22.6 Å². The van der Waals surface area contributed by atoms with E-state index >= 15 is 0 Å². The van der Waals surface area contributed by atoms with Crippen molar-refractivity contribution >= 4 is 34.8 Å². The minimum absolute atomic E-state index is 0.145. The van der Waals surface area contributed by atoms with Crippen LogP contribution >= 0.6 is 0 Å². The highest BCUT2D eigenvalue weighted by atomic mass is 16.6. The summed E-state index contributed by atoms with van der Waals surface area (Å²) in [5.41, 5.74) is 3.00. The molecule has 0 saturated heterocycles. The Morgan fingerprint density at radius 2 is 1.64 bits per heavy atom. The second-order valence-electron chi connectivity index (χ2n) is 5.92. The zero-order valence-corrected chi connectivity index (χ0v) is 15.9. The summed E-state index contributed by atoms with van der Waals surface area (Å²) in [6.45, 7) is 2.91. The minimum Gasteiger partial charge on any atom is -0.385 e. The molecule has 2 aromatic rings. The maximum absolute atomic E-state index is 12.0. The van der Waals surface area contributed by atoms with E-state index in [9.17, 15) is 14.4 Å². The first-order chi connectivity index (χ1) is 13.4. The molecule has 0 aliphatic heterocycles. The predicted molar refractivity (Wildman–Crippen MR) is 107 cm³/mol. The third-order valence-corrected chi connectivity index (χ3v) is 3.66. The average molecular weight is 382 g/mol. The molecule has 0 fully saturated rings. The number of carbonyl (C=O) groups is 3. The Labute approximate surface area is 163 Å². The molecule has 0 unspecified atom stereocenters. The molecule has 8 nitrogen and oxygen atoms in total. The van der Waals surface area contributed by atoms with Gasteiger partial charge in [0, 0.05) is 30.9 Å². The van der Waals surface area contributed by atoms with Crippen molar-refractivity contribution in [3.8, 4) is 0 Å². The Hall–Kier alpha value is -3.68. The smallest absolute Gasteiger partial charge is 0.265 e. The largest absolute Gasteiger partial charge is 0.385 e. The monoisotopic (exact) mass is 382 g/mol. The zero-order valence-electron chi connectivity index (χ0n) is 15.9. The van der Waals surface area contributed by atoms with Gasteiger partial charge in [-0.25, -0.2) is 0 Å². The summed E-state index contributed by atoms with van der Waals surface area (Å²) < 4.78 is 0. The van der Waals surface area contributed by atoms with Crippen molar-refractivity contribution in [2.75, 3.05) is 24.3 Å². The van der Waals surface area contributed by atoms with Gasteiger partial charge in [0.15, 0.2) is 6.61 Å². The standard InChI is InChI=1S/C20H22N4O4/c1-13(15-7-9-17(10-8-15)22-14(2)25)24-28-12-19(26)23-18-6-4-5-16(11-18)20(27)21-3/h4-11H,12H2,1-3H3,(H,21,27)(H,22,25)(H,23,26)/b24-13+. The van der Waals surface area contributed by atoms with Crippen LogP contribution < -0.4 is 16.0 Å². The number of rotatable bonds is 7. The third-order valence-electron chi connectivity index (χ3n) is 3.66. The van der Waals surface area contributed by atoms with Crippen LogP contribution in [0.4, 0.5) is 11.4 Å². The molecule has 0 spiro atoms. The van der Waals surface area contributed by atoms with Crippen molar-refractivity contribution in [2.24, 2.45) is 5.16 Å². The molecule has 0 heterocycles. The molecule has 0 aromatic heterocycles. The highest BCUT2D eigenvalue weighted by Gasteiger charge is 2.07. The van der Waals surface area contributed by atoms with Gasteiger partial charge in [0.25, 0.3) is 11.8 Å². The first kappa shape index (κ1) is 20.6. The average Bonchev–Trinajstić information content (AvgIpc) is 2.67. The number of anilines is 2. The zero-order chi connectivity index (χ0) is 20.5. The molecule has 2 rings (SSSR count). The molecule has 0 bridgehead atoms. The Morgan fingerprint density at radius 1 is 0.929 bits per heavy atom. The number of hydrogen-bond donors (Lipinski definition) is 3. The minimum atomic E-state index is -0.397. The van der Waals surface area contributed by atoms with Crippen molar-refractivity contribution in [3.63, 3.8) is 0 Å². The van der Waals surface area contributed by atoms with E-state index in [-0.39, 0.29) is 18.4 Å². The van der Waals surface area contributed by atoms with Crippen molar-refractivity contribution in [1.29, 1.82) is 0 Å². The van der Waals surface area contributed by atoms with Crippen molar-refractivity contribution in [1.82, 2.24) is 5.32 Å². The lowest BCUT2D eigenvalue weighted by Gasteiger charge is -2.07. The predicted octanol–water partition coefficient (Wildman–Crippen LogP) is 2.38. The molecule has 0 aliphatic rings. The van der Waals surface area contributed by atoms with Gasteiger partial charge < -0.3 is 20.8 Å². The Kier molecular flexibility index (Phi) is 7.27. The lowest BCUT2D eigenvalue weighted by atomic mass is 10.1. The number of nitrogens with one attached hydrogen (secondary N) is 3. The highest BCUT2D eigenvalue weighted by molar-refractivity contribution is 5.99. The first-order valence-corrected chi connectivity index (χ1v) is 8.55. The second-order valence-corrected chi connectivity index (χ2v) is 5.92. The van der Waals surface area contributed by atoms with E-state index in [4.69, 9.17) is 4.84 Å². The van der Waals surface area contributed by atoms with Crippen molar-refractivity contribution in [3.05, 3.63) is 59.7 Å². The van der Waals surface area contributed by atoms with E-state index in [2.05, 4.69) is 21.1 Å². The highest BCUT2D eigenvalue weighted by Crippen LogP contribution is 2.12. The van der Waals surface area contributed by atoms with Gasteiger partial charge in [0.1, 0.15) is 0 Å². The summed E-state index contributed by atoms with van der Waals surface area (Å²) in [5.74, 6) is -0.781. The fraction of sp³-hybridized carbons (Fsp3) is 0.200. The van der Waals surface area contributed by atoms with E-state index in [1.54, 1.807) is 55.5 Å². The molecule has 2 aromatic carbocycles. The summed E-state index contributed by atoms with van der Waals surface area (Å²) in [5, 5.41) is 11.8. The SMILES string of the molecule is CNC(=O)c1cccc(NC(=O)CO/N=C(\C)c2ccc(NC(C)=O)cc2)c1. The van der Waals surface area contributed by atoms with Crippen LogP contribution in [0.15, 0.2) is 53.7 Å². The first-order valence-electron chi connectivity index (χ1n) is 8.55. The van der Waals surface area contributed by atoms with Crippen LogP contribution in [-0.2, 0) is 14.4 Å². The van der Waals surface area contributed by atoms with Crippen LogP contribution in [-0.4, -0.2) is 37.1 Å². The van der Waals surface area contributed by atoms with E-state index in [1.807, 2.05) is 0 Å². The van der Waals surface area contributed by atoms with Crippen LogP contribution in [0.3, 0.4) is 0 Å². The number of benzene rings is 2. The lowest BCUT2D eigenvalue weighted by Crippen LogP contribution is -2.20. The van der Waals surface area contributed by atoms with E-state index in [0.717, 1.165) is 5.56 Å². The summed E-state index contributed by atoms with van der Waals surface area (Å²) in [6, 6.07) is 13.7. The topological polar surface area (TPSA) is 109 Å². The number of nitrogens with zero attached hydrogens (tertiary/aromatic N) is 1. The second kappa shape index (κ2) is 9.86. The summed E-state index contributed by atoms with van der Waals surface area (Å²) in [7, 11) is 1.54. The molecular formula is C20H22N4O4. The van der Waals surface area contributed by atoms with E-state index < -0.39 is 5.91 Å². The summed E-state index contributed by atoms with van der Waals surface area (Å²) in [4.78, 5) is 39.7. The van der Waals surface area contributed by atoms with Crippen molar-refractivity contribution < 1.29 is 19.2 Å². The molecule has 0 radical (unpaired) electrons. The number of hydrogen-bond acceptors (Lipinski definition) is 5. The molecule has 0 aliphatic carbocycles. The van der Waals surface area contributed by atoms with Crippen LogP contribution in [0.5, 0.6) is 0 Å². The van der Waals surface area contributed by atoms with Gasteiger partial charge in [-0.2, -0.15) is 0 Å². The van der Waals surface area contributed by atoms with Crippen LogP contribution in [0.1, 0.15) is 29.8 Å². The fourth-order valence-corrected chi connectivity index (χ4v) is 2.32. The van der Waals surface area contributed by atoms with Gasteiger partial charge in [-0.3, -0.25) is 14.4 Å². The maximum atomic E-state index is 12.0. The quantitative estimate of drug-likeness (QED) is 0.504. The summed E-state index contributed by atoms with van der Waals surface area (Å²) >= 11 is 0. The maximum Gasteiger partial charge on any atom is 0.265 e. The van der Waals surface area contributed by atoms with Gasteiger partial charge in [-0.15, -0.1) is 0 Å². The molecular weight excluding hydrogens is 360 g/mol. The van der Waals surface area contributed by atoms with Crippen molar-refractivity contribution in [2.45, 2.75) is 13.8 Å². The Morgan fingerprint density at radius 3 is 2.29 bits per heavy atom. The lowest BCUT2D eigenvalue weighted by molar-refractivity contribution is -0.120. The molecule has 0 saturated carbocycles. The van der Waals surface area contributed by atoms with Crippen LogP contribution in [0.25, 0.3) is 0 Å². The van der Waals surface area contributed by atoms with Gasteiger partial charge >= 0.3 is 0 Å². The van der Waals surface area contributed by atoms with E-state index in [1.165, 1.54) is 14.0 Å². The summed E-state index contributed by atoms with van der Waals surface area (Å²) in [6.07, 6.45) is 0. The molecule has 3 N–H and O–H groups in total. The fourth-order valence-electron chi connectivity index (χ4n) is 2.32. The normalized spacial score (nSPS) is 10.8. The van der Waals surface area contributed by atoms with Gasteiger partial charge in [-0.05, 0) is 42.8 Å². The Bertz CT molecular complexity index is 891. The van der Waals surface area contributed by atoms with Gasteiger partial charge in [0.2, 0.25) is 5.91 Å². The molecule has 3 amide bonds. The Balaban J connectivity index is 1.88. The number of amides is 3. The molecule has 0 atom stereocenters. The van der Waals surface area contributed by atoms with Gasteiger partial charge in [-0.1, -0.05) is 23.4 Å². The number of carbonyl (C=O) groups excluding carboxylic acids is 3. The van der Waals surface area contributed by atoms with Gasteiger partial charge in [0.05, 0.1) is 5.71 Å². The van der Waals surface area contributed by atoms with Crippen LogP contribution in [0, 0.1) is 0 Å². The molecule has 146 valence electrons. The molecule has 8 heteroatoms. The number of oxime groups is 1.